The van der Waals surface area contributed by atoms with Gasteiger partial charge in [-0.1, -0.05) is 12.1 Å². The van der Waals surface area contributed by atoms with Gasteiger partial charge in [-0.25, -0.2) is 0 Å². The second kappa shape index (κ2) is 7.25. The van der Waals surface area contributed by atoms with E-state index < -0.39 is 0 Å². The molecule has 5 nitrogen and oxygen atoms in total. The Labute approximate surface area is 100 Å². The van der Waals surface area contributed by atoms with Gasteiger partial charge in [0, 0.05) is 0 Å². The number of nitrogens with one attached hydrogen (secondary N) is 1. The van der Waals surface area contributed by atoms with E-state index in [2.05, 4.69) is 5.32 Å². The third-order valence-corrected chi connectivity index (χ3v) is 2.09. The van der Waals surface area contributed by atoms with E-state index in [1.165, 1.54) is 0 Å². The van der Waals surface area contributed by atoms with Crippen LogP contribution in [0.2, 0.25) is 0 Å². The molecule has 0 spiro atoms. The van der Waals surface area contributed by atoms with Crippen LogP contribution in [0.25, 0.3) is 0 Å². The summed E-state index contributed by atoms with van der Waals surface area (Å²) in [7, 11) is 0. The van der Waals surface area contributed by atoms with E-state index >= 15 is 0 Å². The highest BCUT2D eigenvalue weighted by atomic mass is 16.5. The zero-order chi connectivity index (χ0) is 12.5. The smallest absolute Gasteiger partial charge is 0.258 e. The summed E-state index contributed by atoms with van der Waals surface area (Å²) >= 11 is 0. The summed E-state index contributed by atoms with van der Waals surface area (Å²) in [6.45, 7) is 0.520. The van der Waals surface area contributed by atoms with Crippen molar-refractivity contribution in [3.05, 3.63) is 29.8 Å². The number of amides is 1. The lowest BCUT2D eigenvalue weighted by molar-refractivity contribution is -0.122. The van der Waals surface area contributed by atoms with Crippen LogP contribution < -0.4 is 15.8 Å². The molecule has 0 fully saturated rings. The van der Waals surface area contributed by atoms with Gasteiger partial charge in [0.05, 0.1) is 6.07 Å². The van der Waals surface area contributed by atoms with Gasteiger partial charge in [0.15, 0.2) is 6.61 Å². The Bertz CT molecular complexity index is 395. The highest BCUT2D eigenvalue weighted by Crippen LogP contribution is 2.12. The molecule has 3 N–H and O–H groups in total. The Kier molecular flexibility index (Phi) is 5.55. The maximum Gasteiger partial charge on any atom is 0.258 e. The molecule has 0 radical (unpaired) electrons. The molecule has 5 heteroatoms. The second-order valence-electron chi connectivity index (χ2n) is 3.41. The van der Waals surface area contributed by atoms with Gasteiger partial charge in [0.25, 0.3) is 5.91 Å². The van der Waals surface area contributed by atoms with Crippen molar-refractivity contribution in [2.45, 2.75) is 6.42 Å². The van der Waals surface area contributed by atoms with Gasteiger partial charge >= 0.3 is 0 Å². The SMILES string of the molecule is N#CCNC(=O)COc1ccc(CCN)cc1. The van der Waals surface area contributed by atoms with Crippen LogP contribution in [0.3, 0.4) is 0 Å². The van der Waals surface area contributed by atoms with Crippen molar-refractivity contribution < 1.29 is 9.53 Å². The number of carbonyl (C=O) groups excluding carboxylic acids is 1. The quantitative estimate of drug-likeness (QED) is 0.687. The van der Waals surface area contributed by atoms with Gasteiger partial charge in [-0.2, -0.15) is 5.26 Å². The minimum Gasteiger partial charge on any atom is -0.484 e. The Morgan fingerprint density at radius 2 is 2.12 bits per heavy atom. The molecule has 0 aliphatic rings. The summed E-state index contributed by atoms with van der Waals surface area (Å²) < 4.78 is 5.25. The van der Waals surface area contributed by atoms with Crippen molar-refractivity contribution in [1.82, 2.24) is 5.32 Å². The molecule has 0 saturated heterocycles. The van der Waals surface area contributed by atoms with Gasteiger partial charge in [0.2, 0.25) is 0 Å². The van der Waals surface area contributed by atoms with Crippen molar-refractivity contribution >= 4 is 5.91 Å². The van der Waals surface area contributed by atoms with Crippen LogP contribution in [0.4, 0.5) is 0 Å². The summed E-state index contributed by atoms with van der Waals surface area (Å²) in [6.07, 6.45) is 0.822. The first-order valence-electron chi connectivity index (χ1n) is 5.31. The van der Waals surface area contributed by atoms with E-state index in [1.54, 1.807) is 12.1 Å². The lowest BCUT2D eigenvalue weighted by atomic mass is 10.1. The van der Waals surface area contributed by atoms with E-state index in [1.807, 2.05) is 18.2 Å². The highest BCUT2D eigenvalue weighted by Gasteiger charge is 2.01. The fraction of sp³-hybridized carbons (Fsp3) is 0.333. The third kappa shape index (κ3) is 5.00. The monoisotopic (exact) mass is 233 g/mol. The number of rotatable bonds is 6. The molecule has 0 aliphatic carbocycles. The molecular weight excluding hydrogens is 218 g/mol. The van der Waals surface area contributed by atoms with E-state index in [4.69, 9.17) is 15.7 Å². The summed E-state index contributed by atoms with van der Waals surface area (Å²) in [5.74, 6) is 0.315. The van der Waals surface area contributed by atoms with Gasteiger partial charge in [-0.15, -0.1) is 0 Å². The van der Waals surface area contributed by atoms with Crippen LogP contribution >= 0.6 is 0 Å². The van der Waals surface area contributed by atoms with Crippen LogP contribution in [0.5, 0.6) is 5.75 Å². The lowest BCUT2D eigenvalue weighted by Crippen LogP contribution is -2.28. The maximum atomic E-state index is 11.1. The van der Waals surface area contributed by atoms with Crippen molar-refractivity contribution in [3.8, 4) is 11.8 Å². The summed E-state index contributed by atoms with van der Waals surface area (Å²) in [5.41, 5.74) is 6.57. The minimum absolute atomic E-state index is 0.00235. The van der Waals surface area contributed by atoms with Crippen LogP contribution in [0.1, 0.15) is 5.56 Å². The predicted octanol–water partition coefficient (Wildman–Crippen LogP) is 0.206. The number of hydrogen-bond acceptors (Lipinski definition) is 4. The van der Waals surface area contributed by atoms with Gasteiger partial charge in [0.1, 0.15) is 12.3 Å². The molecule has 0 unspecified atom stereocenters. The highest BCUT2D eigenvalue weighted by molar-refractivity contribution is 5.77. The third-order valence-electron chi connectivity index (χ3n) is 2.09. The number of nitrogens with two attached hydrogens (primary N) is 1. The van der Waals surface area contributed by atoms with Crippen LogP contribution in [-0.4, -0.2) is 25.6 Å². The maximum absolute atomic E-state index is 11.1. The Balaban J connectivity index is 2.37. The molecule has 0 saturated carbocycles. The molecule has 1 aromatic rings. The van der Waals surface area contributed by atoms with Gasteiger partial charge in [-0.3, -0.25) is 4.79 Å². The number of carbonyl (C=O) groups is 1. The fourth-order valence-electron chi connectivity index (χ4n) is 1.26. The molecule has 0 aromatic heterocycles. The fourth-order valence-corrected chi connectivity index (χ4v) is 1.26. The molecule has 0 atom stereocenters. The summed E-state index contributed by atoms with van der Waals surface area (Å²) in [6, 6.07) is 9.23. The van der Waals surface area contributed by atoms with Gasteiger partial charge < -0.3 is 15.8 Å². The Morgan fingerprint density at radius 3 is 2.71 bits per heavy atom. The van der Waals surface area contributed by atoms with Crippen LogP contribution in [0.15, 0.2) is 24.3 Å². The van der Waals surface area contributed by atoms with Crippen molar-refractivity contribution in [2.75, 3.05) is 19.7 Å². The molecule has 1 rings (SSSR count). The first-order chi connectivity index (χ1) is 8.26. The van der Waals surface area contributed by atoms with E-state index in [0.717, 1.165) is 12.0 Å². The number of hydrogen-bond donors (Lipinski definition) is 2. The Morgan fingerprint density at radius 1 is 1.41 bits per heavy atom. The molecular formula is C12H15N3O2. The number of benzene rings is 1. The average Bonchev–Trinajstić information content (AvgIpc) is 2.36. The molecule has 0 heterocycles. The Hall–Kier alpha value is -2.06. The molecule has 0 aliphatic heterocycles. The van der Waals surface area contributed by atoms with Crippen molar-refractivity contribution in [3.63, 3.8) is 0 Å². The van der Waals surface area contributed by atoms with Crippen molar-refractivity contribution in [1.29, 1.82) is 5.26 Å². The number of nitrogens with zero attached hydrogens (tertiary/aromatic N) is 1. The topological polar surface area (TPSA) is 88.1 Å². The number of nitriles is 1. The lowest BCUT2D eigenvalue weighted by Gasteiger charge is -2.06. The van der Waals surface area contributed by atoms with Crippen molar-refractivity contribution in [2.24, 2.45) is 5.73 Å². The average molecular weight is 233 g/mol. The first kappa shape index (κ1) is 13.0. The molecule has 17 heavy (non-hydrogen) atoms. The van der Waals surface area contributed by atoms with E-state index in [-0.39, 0.29) is 19.1 Å². The zero-order valence-electron chi connectivity index (χ0n) is 9.48. The summed E-state index contributed by atoms with van der Waals surface area (Å²) in [5, 5.41) is 10.7. The van der Waals surface area contributed by atoms with Gasteiger partial charge in [-0.05, 0) is 30.7 Å². The first-order valence-corrected chi connectivity index (χ1v) is 5.31. The molecule has 1 aromatic carbocycles. The normalized spacial score (nSPS) is 9.41. The zero-order valence-corrected chi connectivity index (χ0v) is 9.48. The molecule has 90 valence electrons. The molecule has 1 amide bonds. The van der Waals surface area contributed by atoms with E-state index in [9.17, 15) is 4.79 Å². The van der Waals surface area contributed by atoms with Crippen LogP contribution in [0, 0.1) is 11.3 Å². The standard InChI is InChI=1S/C12H15N3O2/c13-6-5-10-1-3-11(4-2-10)17-9-12(16)15-8-7-14/h1-4H,5-6,8-9,13H2,(H,15,16). The van der Waals surface area contributed by atoms with E-state index in [0.29, 0.717) is 12.3 Å². The predicted molar refractivity (Wildman–Crippen MR) is 63.3 cm³/mol. The minimum atomic E-state index is -0.308. The summed E-state index contributed by atoms with van der Waals surface area (Å²) in [4.78, 5) is 11.1. The number of ether oxygens (including phenoxy) is 1. The van der Waals surface area contributed by atoms with Crippen LogP contribution in [-0.2, 0) is 11.2 Å². The molecule has 0 bridgehead atoms. The second-order valence-corrected chi connectivity index (χ2v) is 3.41. The largest absolute Gasteiger partial charge is 0.484 e.